The Morgan fingerprint density at radius 2 is 1.73 bits per heavy atom. The van der Waals surface area contributed by atoms with Crippen LogP contribution in [0, 0.1) is 19.7 Å². The van der Waals surface area contributed by atoms with Crippen LogP contribution in [0.25, 0.3) is 0 Å². The number of hydrogen-bond donors (Lipinski definition) is 1. The highest BCUT2D eigenvalue weighted by molar-refractivity contribution is 7.92. The number of aryl methyl sites for hydroxylation is 2. The van der Waals surface area contributed by atoms with Crippen molar-refractivity contribution < 1.29 is 17.6 Å². The molecule has 1 N–H and O–H groups in total. The van der Waals surface area contributed by atoms with Gasteiger partial charge in [-0.15, -0.1) is 0 Å². The smallest absolute Gasteiger partial charge is 0.264 e. The standard InChI is InChI=1S/C22H20ClFN2O3S/c1-15-6-10-20(11-7-15)30(28,29)26(21-12-17(23)9-8-16(21)2)14-22(27)25-19-5-3-4-18(24)13-19/h3-13H,14H2,1-2H3,(H,25,27). The Morgan fingerprint density at radius 3 is 2.40 bits per heavy atom. The van der Waals surface area contributed by atoms with Crippen LogP contribution in [-0.2, 0) is 14.8 Å². The minimum Gasteiger partial charge on any atom is -0.324 e. The van der Waals surface area contributed by atoms with Gasteiger partial charge < -0.3 is 5.32 Å². The quantitative estimate of drug-likeness (QED) is 0.583. The number of halogens is 2. The van der Waals surface area contributed by atoms with Gasteiger partial charge >= 0.3 is 0 Å². The first-order chi connectivity index (χ1) is 14.2. The van der Waals surface area contributed by atoms with Gasteiger partial charge in [-0.3, -0.25) is 9.10 Å². The van der Waals surface area contributed by atoms with E-state index in [4.69, 9.17) is 11.6 Å². The normalized spacial score (nSPS) is 11.2. The Hall–Kier alpha value is -2.90. The van der Waals surface area contributed by atoms with Crippen molar-refractivity contribution in [1.82, 2.24) is 0 Å². The molecular weight excluding hydrogens is 427 g/mol. The molecule has 0 aliphatic rings. The van der Waals surface area contributed by atoms with Crippen LogP contribution in [0.15, 0.2) is 71.6 Å². The zero-order valence-corrected chi connectivity index (χ0v) is 18.0. The fraction of sp³-hybridized carbons (Fsp3) is 0.136. The zero-order valence-electron chi connectivity index (χ0n) is 16.4. The second-order valence-electron chi connectivity index (χ2n) is 6.81. The van der Waals surface area contributed by atoms with Crippen molar-refractivity contribution >= 4 is 38.9 Å². The van der Waals surface area contributed by atoms with Gasteiger partial charge in [0.05, 0.1) is 10.6 Å². The molecule has 1 amide bonds. The highest BCUT2D eigenvalue weighted by Crippen LogP contribution is 2.29. The van der Waals surface area contributed by atoms with Crippen LogP contribution < -0.4 is 9.62 Å². The fourth-order valence-corrected chi connectivity index (χ4v) is 4.53. The number of sulfonamides is 1. The molecule has 156 valence electrons. The van der Waals surface area contributed by atoms with E-state index in [9.17, 15) is 17.6 Å². The van der Waals surface area contributed by atoms with Gasteiger partial charge in [-0.25, -0.2) is 12.8 Å². The Bertz CT molecular complexity index is 1180. The molecule has 0 radical (unpaired) electrons. The van der Waals surface area contributed by atoms with Crippen molar-refractivity contribution in [2.75, 3.05) is 16.2 Å². The molecule has 3 rings (SSSR count). The third kappa shape index (κ3) is 4.98. The minimum atomic E-state index is -4.07. The maximum atomic E-state index is 13.4. The maximum Gasteiger partial charge on any atom is 0.264 e. The number of carbonyl (C=O) groups is 1. The fourth-order valence-electron chi connectivity index (χ4n) is 2.89. The van der Waals surface area contributed by atoms with Crippen molar-refractivity contribution in [3.63, 3.8) is 0 Å². The van der Waals surface area contributed by atoms with Crippen molar-refractivity contribution in [3.8, 4) is 0 Å². The van der Waals surface area contributed by atoms with E-state index in [1.807, 2.05) is 6.92 Å². The van der Waals surface area contributed by atoms with Gasteiger partial charge in [0.1, 0.15) is 12.4 Å². The Morgan fingerprint density at radius 1 is 1.03 bits per heavy atom. The van der Waals surface area contributed by atoms with Gasteiger partial charge in [0.2, 0.25) is 5.91 Å². The maximum absolute atomic E-state index is 13.4. The van der Waals surface area contributed by atoms with Crippen LogP contribution in [-0.4, -0.2) is 20.9 Å². The molecule has 30 heavy (non-hydrogen) atoms. The molecule has 0 spiro atoms. The van der Waals surface area contributed by atoms with Crippen LogP contribution in [0.1, 0.15) is 11.1 Å². The lowest BCUT2D eigenvalue weighted by molar-refractivity contribution is -0.114. The van der Waals surface area contributed by atoms with E-state index < -0.39 is 28.3 Å². The molecule has 0 fully saturated rings. The molecule has 0 unspecified atom stereocenters. The Balaban J connectivity index is 2.00. The zero-order chi connectivity index (χ0) is 21.9. The number of nitrogens with one attached hydrogen (secondary N) is 1. The summed E-state index contributed by atoms with van der Waals surface area (Å²) < 4.78 is 41.2. The average Bonchev–Trinajstić information content (AvgIpc) is 2.68. The van der Waals surface area contributed by atoms with Gasteiger partial charge in [0, 0.05) is 10.7 Å². The predicted octanol–water partition coefficient (Wildman–Crippen LogP) is 4.93. The second-order valence-corrected chi connectivity index (χ2v) is 9.11. The number of nitrogens with zero attached hydrogens (tertiary/aromatic N) is 1. The molecule has 0 aliphatic heterocycles. The van der Waals surface area contributed by atoms with Crippen molar-refractivity contribution in [1.29, 1.82) is 0 Å². The number of rotatable bonds is 6. The highest BCUT2D eigenvalue weighted by Gasteiger charge is 2.28. The molecule has 0 heterocycles. The molecule has 8 heteroatoms. The third-order valence-corrected chi connectivity index (χ3v) is 6.45. The van der Waals surface area contributed by atoms with Gasteiger partial charge in [-0.2, -0.15) is 0 Å². The second kappa shape index (κ2) is 8.85. The van der Waals surface area contributed by atoms with Crippen LogP contribution in [0.5, 0.6) is 0 Å². The van der Waals surface area contributed by atoms with Gasteiger partial charge in [0.15, 0.2) is 0 Å². The van der Waals surface area contributed by atoms with Crippen molar-refractivity contribution in [2.24, 2.45) is 0 Å². The van der Waals surface area contributed by atoms with Crippen LogP contribution >= 0.6 is 11.6 Å². The summed E-state index contributed by atoms with van der Waals surface area (Å²) in [6.07, 6.45) is 0. The summed E-state index contributed by atoms with van der Waals surface area (Å²) in [7, 11) is -4.07. The molecule has 0 aromatic heterocycles. The van der Waals surface area contributed by atoms with Crippen LogP contribution in [0.3, 0.4) is 0 Å². The molecule has 0 aliphatic carbocycles. The minimum absolute atomic E-state index is 0.0473. The molecule has 3 aromatic rings. The lowest BCUT2D eigenvalue weighted by Gasteiger charge is -2.26. The van der Waals surface area contributed by atoms with Crippen LogP contribution in [0.2, 0.25) is 5.02 Å². The summed E-state index contributed by atoms with van der Waals surface area (Å²) in [5, 5.41) is 2.87. The Kier molecular flexibility index (Phi) is 6.43. The summed E-state index contributed by atoms with van der Waals surface area (Å²) >= 11 is 6.10. The lowest BCUT2D eigenvalue weighted by atomic mass is 10.2. The van der Waals surface area contributed by atoms with Crippen molar-refractivity contribution in [2.45, 2.75) is 18.7 Å². The average molecular weight is 447 g/mol. The lowest BCUT2D eigenvalue weighted by Crippen LogP contribution is -2.38. The number of amides is 1. The van der Waals surface area contributed by atoms with E-state index in [1.165, 1.54) is 36.4 Å². The summed E-state index contributed by atoms with van der Waals surface area (Å²) in [5.41, 5.74) is 2.06. The first kappa shape index (κ1) is 21.8. The Labute approximate surface area is 180 Å². The van der Waals surface area contributed by atoms with Crippen molar-refractivity contribution in [3.05, 3.63) is 88.7 Å². The largest absolute Gasteiger partial charge is 0.324 e. The highest BCUT2D eigenvalue weighted by atomic mass is 35.5. The summed E-state index contributed by atoms with van der Waals surface area (Å²) in [5.74, 6) is -1.13. The molecule has 0 saturated carbocycles. The molecular formula is C22H20ClFN2O3S. The first-order valence-electron chi connectivity index (χ1n) is 9.08. The molecule has 5 nitrogen and oxygen atoms in total. The first-order valence-corrected chi connectivity index (χ1v) is 10.9. The van der Waals surface area contributed by atoms with E-state index in [2.05, 4.69) is 5.32 Å². The molecule has 3 aromatic carbocycles. The SMILES string of the molecule is Cc1ccc(S(=O)(=O)N(CC(=O)Nc2cccc(F)c2)c2cc(Cl)ccc2C)cc1. The summed E-state index contributed by atoms with van der Waals surface area (Å²) in [6.45, 7) is 3.07. The van der Waals surface area contributed by atoms with E-state index in [-0.39, 0.29) is 16.3 Å². The number of benzene rings is 3. The topological polar surface area (TPSA) is 66.5 Å². The van der Waals surface area contributed by atoms with E-state index in [1.54, 1.807) is 31.2 Å². The predicted molar refractivity (Wildman–Crippen MR) is 117 cm³/mol. The van der Waals surface area contributed by atoms with Gasteiger partial charge in [-0.05, 0) is 61.9 Å². The monoisotopic (exact) mass is 446 g/mol. The van der Waals surface area contributed by atoms with E-state index >= 15 is 0 Å². The third-order valence-electron chi connectivity index (χ3n) is 4.44. The van der Waals surface area contributed by atoms with Crippen LogP contribution in [0.4, 0.5) is 15.8 Å². The summed E-state index contributed by atoms with van der Waals surface area (Å²) in [4.78, 5) is 12.7. The van der Waals surface area contributed by atoms with E-state index in [0.717, 1.165) is 15.9 Å². The summed E-state index contributed by atoms with van der Waals surface area (Å²) in [6, 6.07) is 16.5. The molecule has 0 atom stereocenters. The van der Waals surface area contributed by atoms with E-state index in [0.29, 0.717) is 10.6 Å². The number of hydrogen-bond acceptors (Lipinski definition) is 3. The van der Waals surface area contributed by atoms with Gasteiger partial charge in [-0.1, -0.05) is 41.4 Å². The number of carbonyl (C=O) groups excluding carboxylic acids is 1. The molecule has 0 bridgehead atoms. The van der Waals surface area contributed by atoms with Gasteiger partial charge in [0.25, 0.3) is 10.0 Å². The molecule has 0 saturated heterocycles. The number of anilines is 2.